The van der Waals surface area contributed by atoms with E-state index in [1.807, 2.05) is 24.3 Å². The summed E-state index contributed by atoms with van der Waals surface area (Å²) in [7, 11) is 0. The van der Waals surface area contributed by atoms with Crippen molar-refractivity contribution in [2.45, 2.75) is 38.3 Å². The van der Waals surface area contributed by atoms with Gasteiger partial charge in [0.1, 0.15) is 0 Å². The minimum Gasteiger partial charge on any atom is -0.366 e. The Labute approximate surface area is 103 Å². The highest BCUT2D eigenvalue weighted by Gasteiger charge is 2.33. The third-order valence-corrected chi connectivity index (χ3v) is 3.52. The fourth-order valence-electron chi connectivity index (χ4n) is 2.65. The van der Waals surface area contributed by atoms with Crippen molar-refractivity contribution in [1.29, 1.82) is 5.26 Å². The maximum absolute atomic E-state index is 8.80. The Morgan fingerprint density at radius 3 is 2.53 bits per heavy atom. The summed E-state index contributed by atoms with van der Waals surface area (Å²) in [5.41, 5.74) is 8.01. The number of piperidine rings is 1. The molecule has 3 nitrogen and oxygen atoms in total. The molecule has 17 heavy (non-hydrogen) atoms. The molecule has 0 aliphatic carbocycles. The molecule has 1 aromatic carbocycles. The summed E-state index contributed by atoms with van der Waals surface area (Å²) in [5, 5.41) is 8.80. The van der Waals surface area contributed by atoms with Crippen LogP contribution in [0.4, 0.5) is 5.69 Å². The third-order valence-electron chi connectivity index (χ3n) is 3.52. The topological polar surface area (TPSA) is 53.0 Å². The van der Waals surface area contributed by atoms with E-state index in [0.29, 0.717) is 11.6 Å². The van der Waals surface area contributed by atoms with Crippen molar-refractivity contribution in [3.05, 3.63) is 29.8 Å². The monoisotopic (exact) mass is 229 g/mol. The zero-order valence-electron chi connectivity index (χ0n) is 10.5. The number of nitriles is 1. The van der Waals surface area contributed by atoms with Crippen molar-refractivity contribution >= 4 is 5.69 Å². The minimum absolute atomic E-state index is 0.0891. The second kappa shape index (κ2) is 4.38. The highest BCUT2D eigenvalue weighted by Crippen LogP contribution is 2.32. The van der Waals surface area contributed by atoms with Gasteiger partial charge in [0.2, 0.25) is 0 Å². The van der Waals surface area contributed by atoms with Crippen LogP contribution in [-0.4, -0.2) is 18.1 Å². The van der Waals surface area contributed by atoms with Crippen LogP contribution in [0.25, 0.3) is 0 Å². The van der Waals surface area contributed by atoms with Gasteiger partial charge in [0.25, 0.3) is 0 Å². The number of rotatable bonds is 1. The Balaban J connectivity index is 2.24. The van der Waals surface area contributed by atoms with Gasteiger partial charge in [0.15, 0.2) is 0 Å². The van der Waals surface area contributed by atoms with Crippen molar-refractivity contribution in [2.24, 2.45) is 5.73 Å². The molecule has 0 aromatic heterocycles. The van der Waals surface area contributed by atoms with E-state index in [0.717, 1.165) is 19.4 Å². The van der Waals surface area contributed by atoms with E-state index >= 15 is 0 Å². The number of nitrogens with two attached hydrogens (primary N) is 1. The average Bonchev–Trinajstić information content (AvgIpc) is 2.28. The molecular weight excluding hydrogens is 210 g/mol. The van der Waals surface area contributed by atoms with Gasteiger partial charge in [-0.05, 0) is 51.0 Å². The standard InChI is InChI=1S/C14H19N3/c1-14(2)9-12(16)7-8-17(14)13-5-3-11(10-15)4-6-13/h3-6,12H,7-9,16H2,1-2H3. The van der Waals surface area contributed by atoms with Crippen molar-refractivity contribution in [3.63, 3.8) is 0 Å². The van der Waals surface area contributed by atoms with Gasteiger partial charge in [0.05, 0.1) is 11.6 Å². The van der Waals surface area contributed by atoms with E-state index in [1.54, 1.807) is 0 Å². The first kappa shape index (κ1) is 11.9. The molecule has 1 fully saturated rings. The Bertz CT molecular complexity index is 428. The van der Waals surface area contributed by atoms with E-state index < -0.39 is 0 Å². The third kappa shape index (κ3) is 2.42. The number of anilines is 1. The first-order valence-electron chi connectivity index (χ1n) is 6.06. The molecule has 90 valence electrons. The molecule has 1 atom stereocenters. The lowest BCUT2D eigenvalue weighted by atomic mass is 9.87. The Morgan fingerprint density at radius 1 is 1.35 bits per heavy atom. The molecule has 1 aromatic rings. The zero-order valence-corrected chi connectivity index (χ0v) is 10.5. The van der Waals surface area contributed by atoms with Crippen molar-refractivity contribution < 1.29 is 0 Å². The Morgan fingerprint density at radius 2 is 2.00 bits per heavy atom. The molecule has 2 N–H and O–H groups in total. The maximum atomic E-state index is 8.80. The van der Waals surface area contributed by atoms with Gasteiger partial charge in [-0.3, -0.25) is 0 Å². The number of hydrogen-bond donors (Lipinski definition) is 1. The second-order valence-electron chi connectivity index (χ2n) is 5.38. The number of nitrogens with zero attached hydrogens (tertiary/aromatic N) is 2. The van der Waals surface area contributed by atoms with Gasteiger partial charge >= 0.3 is 0 Å². The fourth-order valence-corrected chi connectivity index (χ4v) is 2.65. The molecule has 0 bridgehead atoms. The molecule has 1 saturated heterocycles. The van der Waals surface area contributed by atoms with Crippen LogP contribution in [0.5, 0.6) is 0 Å². The summed E-state index contributed by atoms with van der Waals surface area (Å²) in [6.07, 6.45) is 2.04. The van der Waals surface area contributed by atoms with Gasteiger partial charge in [-0.15, -0.1) is 0 Å². The van der Waals surface area contributed by atoms with Gasteiger partial charge in [-0.1, -0.05) is 0 Å². The summed E-state index contributed by atoms with van der Waals surface area (Å²) < 4.78 is 0. The molecule has 0 amide bonds. The normalized spacial score (nSPS) is 23.2. The molecular formula is C14H19N3. The van der Waals surface area contributed by atoms with Gasteiger partial charge in [-0.2, -0.15) is 5.26 Å². The first-order chi connectivity index (χ1) is 8.03. The van der Waals surface area contributed by atoms with Crippen LogP contribution in [-0.2, 0) is 0 Å². The van der Waals surface area contributed by atoms with Crippen molar-refractivity contribution in [3.8, 4) is 6.07 Å². The Kier molecular flexibility index (Phi) is 3.08. The summed E-state index contributed by atoms with van der Waals surface area (Å²) in [5.74, 6) is 0. The lowest BCUT2D eigenvalue weighted by Gasteiger charge is -2.46. The highest BCUT2D eigenvalue weighted by molar-refractivity contribution is 5.52. The quantitative estimate of drug-likeness (QED) is 0.803. The predicted molar refractivity (Wildman–Crippen MR) is 69.8 cm³/mol. The zero-order chi connectivity index (χ0) is 12.5. The van der Waals surface area contributed by atoms with Crippen LogP contribution in [0.1, 0.15) is 32.3 Å². The molecule has 2 rings (SSSR count). The van der Waals surface area contributed by atoms with Crippen molar-refractivity contribution in [2.75, 3.05) is 11.4 Å². The van der Waals surface area contributed by atoms with Crippen LogP contribution in [0.15, 0.2) is 24.3 Å². The van der Waals surface area contributed by atoms with E-state index in [1.165, 1.54) is 5.69 Å². The number of hydrogen-bond acceptors (Lipinski definition) is 3. The fraction of sp³-hybridized carbons (Fsp3) is 0.500. The summed E-state index contributed by atoms with van der Waals surface area (Å²) in [6.45, 7) is 5.44. The van der Waals surface area contributed by atoms with Crippen LogP contribution in [0, 0.1) is 11.3 Å². The van der Waals surface area contributed by atoms with E-state index in [-0.39, 0.29) is 5.54 Å². The first-order valence-corrected chi connectivity index (χ1v) is 6.06. The highest BCUT2D eigenvalue weighted by atomic mass is 15.2. The number of benzene rings is 1. The van der Waals surface area contributed by atoms with E-state index in [9.17, 15) is 0 Å². The van der Waals surface area contributed by atoms with Gasteiger partial charge < -0.3 is 10.6 Å². The lowest BCUT2D eigenvalue weighted by molar-refractivity contribution is 0.327. The van der Waals surface area contributed by atoms with Gasteiger partial charge in [-0.25, -0.2) is 0 Å². The SMILES string of the molecule is CC1(C)CC(N)CCN1c1ccc(C#N)cc1. The molecule has 1 aliphatic rings. The van der Waals surface area contributed by atoms with Crippen LogP contribution in [0.2, 0.25) is 0 Å². The second-order valence-corrected chi connectivity index (χ2v) is 5.38. The maximum Gasteiger partial charge on any atom is 0.0991 e. The van der Waals surface area contributed by atoms with Crippen LogP contribution < -0.4 is 10.6 Å². The molecule has 0 radical (unpaired) electrons. The van der Waals surface area contributed by atoms with Crippen LogP contribution in [0.3, 0.4) is 0 Å². The molecule has 1 aliphatic heterocycles. The van der Waals surface area contributed by atoms with Gasteiger partial charge in [0, 0.05) is 23.8 Å². The van der Waals surface area contributed by atoms with E-state index in [2.05, 4.69) is 24.8 Å². The molecule has 0 spiro atoms. The van der Waals surface area contributed by atoms with Crippen molar-refractivity contribution in [1.82, 2.24) is 0 Å². The Hall–Kier alpha value is -1.53. The molecule has 3 heteroatoms. The summed E-state index contributed by atoms with van der Waals surface area (Å²) in [4.78, 5) is 2.39. The average molecular weight is 229 g/mol. The minimum atomic E-state index is 0.0891. The predicted octanol–water partition coefficient (Wildman–Crippen LogP) is 2.26. The lowest BCUT2D eigenvalue weighted by Crippen LogP contribution is -2.53. The smallest absolute Gasteiger partial charge is 0.0991 e. The molecule has 1 heterocycles. The molecule has 1 unspecified atom stereocenters. The largest absolute Gasteiger partial charge is 0.366 e. The van der Waals surface area contributed by atoms with E-state index in [4.69, 9.17) is 11.0 Å². The summed E-state index contributed by atoms with van der Waals surface area (Å²) in [6, 6.07) is 10.3. The van der Waals surface area contributed by atoms with Crippen LogP contribution >= 0.6 is 0 Å². The molecule has 0 saturated carbocycles. The summed E-state index contributed by atoms with van der Waals surface area (Å²) >= 11 is 0.